The van der Waals surface area contributed by atoms with Crippen LogP contribution in [-0.4, -0.2) is 43.2 Å². The molecule has 1 aliphatic rings. The first-order chi connectivity index (χ1) is 12.6. The van der Waals surface area contributed by atoms with Crippen LogP contribution in [0.2, 0.25) is 5.02 Å². The maximum atomic E-state index is 6.04. The number of rotatable bonds is 3. The highest BCUT2D eigenvalue weighted by Gasteiger charge is 2.25. The minimum Gasteiger partial charge on any atom is -0.356 e. The molecule has 1 saturated heterocycles. The monoisotopic (exact) mass is 367 g/mol. The van der Waals surface area contributed by atoms with Gasteiger partial charge >= 0.3 is 0 Å². The van der Waals surface area contributed by atoms with E-state index < -0.39 is 0 Å². The van der Waals surface area contributed by atoms with Gasteiger partial charge in [0.2, 0.25) is 0 Å². The molecule has 0 spiro atoms. The lowest BCUT2D eigenvalue weighted by molar-refractivity contribution is -0.884. The fourth-order valence-corrected chi connectivity index (χ4v) is 3.84. The summed E-state index contributed by atoms with van der Waals surface area (Å²) in [5, 5.41) is 1.83. The van der Waals surface area contributed by atoms with Crippen molar-refractivity contribution in [3.63, 3.8) is 0 Å². The first kappa shape index (κ1) is 17.3. The molecule has 26 heavy (non-hydrogen) atoms. The predicted molar refractivity (Wildman–Crippen MR) is 108 cm³/mol. The van der Waals surface area contributed by atoms with Crippen LogP contribution in [0.1, 0.15) is 12.8 Å². The zero-order chi connectivity index (χ0) is 18.1. The summed E-state index contributed by atoms with van der Waals surface area (Å²) in [5.41, 5.74) is 1.97. The molecule has 2 heterocycles. The smallest absolute Gasteiger partial charge is 0.162 e. The number of halogens is 1. The second-order valence-electron chi connectivity index (χ2n) is 7.19. The van der Waals surface area contributed by atoms with Crippen molar-refractivity contribution in [2.75, 3.05) is 32.1 Å². The highest BCUT2D eigenvalue weighted by Crippen LogP contribution is 2.29. The summed E-state index contributed by atoms with van der Waals surface area (Å²) in [6, 6.07) is 16.5. The Morgan fingerprint density at radius 1 is 1.00 bits per heavy atom. The van der Waals surface area contributed by atoms with Gasteiger partial charge in [-0.3, -0.25) is 0 Å². The van der Waals surface area contributed by atoms with Gasteiger partial charge in [-0.15, -0.1) is 0 Å². The molecule has 0 amide bonds. The van der Waals surface area contributed by atoms with Crippen molar-refractivity contribution in [1.82, 2.24) is 9.97 Å². The van der Waals surface area contributed by atoms with Crippen LogP contribution >= 0.6 is 11.6 Å². The lowest BCUT2D eigenvalue weighted by atomic mass is 10.0. The average Bonchev–Trinajstić information content (AvgIpc) is 2.68. The standard InChI is InChI=1S/C21H23ClN4/c1-25-13-11-17(12-14-25)26(2)21-18-5-3-4-6-19(18)23-20(24-21)15-7-9-16(22)10-8-15/h3-10,17H,11-14H2,1-2H3/p+1. The second kappa shape index (κ2) is 7.22. The Morgan fingerprint density at radius 2 is 1.69 bits per heavy atom. The number of fused-ring (bicyclic) bond motifs is 1. The van der Waals surface area contributed by atoms with Gasteiger partial charge in [0.1, 0.15) is 5.82 Å². The molecule has 0 unspecified atom stereocenters. The van der Waals surface area contributed by atoms with Crippen LogP contribution in [0.15, 0.2) is 48.5 Å². The quantitative estimate of drug-likeness (QED) is 0.772. The molecular formula is C21H24ClN4+. The maximum Gasteiger partial charge on any atom is 0.162 e. The molecule has 134 valence electrons. The molecule has 0 bridgehead atoms. The number of nitrogens with zero attached hydrogens (tertiary/aromatic N) is 3. The Morgan fingerprint density at radius 3 is 2.42 bits per heavy atom. The molecule has 1 aromatic heterocycles. The Balaban J connectivity index is 1.78. The van der Waals surface area contributed by atoms with Crippen molar-refractivity contribution in [2.45, 2.75) is 18.9 Å². The van der Waals surface area contributed by atoms with E-state index in [0.29, 0.717) is 6.04 Å². The summed E-state index contributed by atoms with van der Waals surface area (Å²) in [4.78, 5) is 13.7. The van der Waals surface area contributed by atoms with Crippen LogP contribution in [0.3, 0.4) is 0 Å². The summed E-state index contributed by atoms with van der Waals surface area (Å²) in [6.45, 7) is 2.42. The lowest BCUT2D eigenvalue weighted by Gasteiger charge is -2.34. The van der Waals surface area contributed by atoms with Gasteiger partial charge in [-0.1, -0.05) is 23.7 Å². The van der Waals surface area contributed by atoms with Crippen molar-refractivity contribution < 1.29 is 4.90 Å². The van der Waals surface area contributed by atoms with E-state index in [-0.39, 0.29) is 0 Å². The summed E-state index contributed by atoms with van der Waals surface area (Å²) in [7, 11) is 4.45. The third-order valence-electron chi connectivity index (χ3n) is 5.38. The van der Waals surface area contributed by atoms with Gasteiger partial charge in [-0.2, -0.15) is 0 Å². The zero-order valence-corrected chi connectivity index (χ0v) is 16.0. The van der Waals surface area contributed by atoms with Gasteiger partial charge < -0.3 is 9.80 Å². The Hall–Kier alpha value is -2.17. The Labute approximate surface area is 159 Å². The molecule has 1 N–H and O–H groups in total. The van der Waals surface area contributed by atoms with E-state index in [0.717, 1.165) is 33.1 Å². The molecular weight excluding hydrogens is 344 g/mol. The van der Waals surface area contributed by atoms with Crippen LogP contribution in [0.5, 0.6) is 0 Å². The first-order valence-electron chi connectivity index (χ1n) is 9.18. The van der Waals surface area contributed by atoms with Crippen LogP contribution in [0, 0.1) is 0 Å². The SMILES string of the molecule is CN(c1nc(-c2ccc(Cl)cc2)nc2ccccc12)C1CC[NH+](C)CC1. The number of piperidine rings is 1. The van der Waals surface area contributed by atoms with Gasteiger partial charge in [0.15, 0.2) is 5.82 Å². The Bertz CT molecular complexity index is 902. The van der Waals surface area contributed by atoms with Crippen molar-refractivity contribution in [2.24, 2.45) is 0 Å². The topological polar surface area (TPSA) is 33.5 Å². The van der Waals surface area contributed by atoms with Crippen LogP contribution < -0.4 is 9.80 Å². The van der Waals surface area contributed by atoms with Crippen molar-refractivity contribution in [3.8, 4) is 11.4 Å². The Kier molecular flexibility index (Phi) is 4.79. The highest BCUT2D eigenvalue weighted by atomic mass is 35.5. The molecule has 4 nitrogen and oxygen atoms in total. The van der Waals surface area contributed by atoms with E-state index in [1.807, 2.05) is 30.3 Å². The second-order valence-corrected chi connectivity index (χ2v) is 7.63. The fraction of sp³-hybridized carbons (Fsp3) is 0.333. The first-order valence-corrected chi connectivity index (χ1v) is 9.56. The summed E-state index contributed by atoms with van der Waals surface area (Å²) in [6.07, 6.45) is 2.38. The molecule has 1 fully saturated rings. The number of anilines is 1. The van der Waals surface area contributed by atoms with E-state index in [4.69, 9.17) is 21.6 Å². The molecule has 2 aromatic carbocycles. The van der Waals surface area contributed by atoms with Gasteiger partial charge in [0.05, 0.1) is 25.7 Å². The third-order valence-corrected chi connectivity index (χ3v) is 5.63. The van der Waals surface area contributed by atoms with Crippen LogP contribution in [0.25, 0.3) is 22.3 Å². The lowest BCUT2D eigenvalue weighted by Crippen LogP contribution is -3.10. The summed E-state index contributed by atoms with van der Waals surface area (Å²) in [5.74, 6) is 1.77. The zero-order valence-electron chi connectivity index (χ0n) is 15.2. The normalized spacial score (nSPS) is 20.3. The number of para-hydroxylation sites is 1. The number of nitrogens with one attached hydrogen (secondary N) is 1. The highest BCUT2D eigenvalue weighted by molar-refractivity contribution is 6.30. The molecule has 5 heteroatoms. The van der Waals surface area contributed by atoms with Gasteiger partial charge in [-0.05, 0) is 36.4 Å². The minimum absolute atomic E-state index is 0.523. The molecule has 0 saturated carbocycles. The van der Waals surface area contributed by atoms with E-state index in [1.165, 1.54) is 25.9 Å². The average molecular weight is 368 g/mol. The number of likely N-dealkylation sites (tertiary alicyclic amines) is 1. The van der Waals surface area contributed by atoms with E-state index in [9.17, 15) is 0 Å². The predicted octanol–water partition coefficient (Wildman–Crippen LogP) is 3.06. The number of hydrogen-bond acceptors (Lipinski definition) is 3. The van der Waals surface area contributed by atoms with Crippen molar-refractivity contribution in [1.29, 1.82) is 0 Å². The fourth-order valence-electron chi connectivity index (χ4n) is 3.71. The minimum atomic E-state index is 0.523. The molecule has 0 radical (unpaired) electrons. The van der Waals surface area contributed by atoms with E-state index in [2.05, 4.69) is 37.2 Å². The van der Waals surface area contributed by atoms with E-state index >= 15 is 0 Å². The van der Waals surface area contributed by atoms with Crippen LogP contribution in [-0.2, 0) is 0 Å². The van der Waals surface area contributed by atoms with E-state index in [1.54, 1.807) is 4.90 Å². The summed E-state index contributed by atoms with van der Waals surface area (Å²) >= 11 is 6.04. The molecule has 3 aromatic rings. The number of quaternary nitrogens is 1. The molecule has 1 aliphatic heterocycles. The number of benzene rings is 2. The molecule has 0 atom stereocenters. The van der Waals surface area contributed by atoms with Gasteiger partial charge in [-0.25, -0.2) is 9.97 Å². The van der Waals surface area contributed by atoms with Crippen molar-refractivity contribution >= 4 is 28.3 Å². The largest absolute Gasteiger partial charge is 0.356 e. The van der Waals surface area contributed by atoms with Crippen LogP contribution in [0.4, 0.5) is 5.82 Å². The number of aromatic nitrogens is 2. The molecule has 4 rings (SSSR count). The summed E-state index contributed by atoms with van der Waals surface area (Å²) < 4.78 is 0. The van der Waals surface area contributed by atoms with Crippen molar-refractivity contribution in [3.05, 3.63) is 53.6 Å². The maximum absolute atomic E-state index is 6.04. The molecule has 0 aliphatic carbocycles. The van der Waals surface area contributed by atoms with Gasteiger partial charge in [0, 0.05) is 41.9 Å². The number of hydrogen-bond donors (Lipinski definition) is 1. The van der Waals surface area contributed by atoms with Gasteiger partial charge in [0.25, 0.3) is 0 Å². The third kappa shape index (κ3) is 3.39.